The van der Waals surface area contributed by atoms with Gasteiger partial charge in [0.15, 0.2) is 0 Å². The van der Waals surface area contributed by atoms with Crippen molar-refractivity contribution < 1.29 is 38.8 Å². The van der Waals surface area contributed by atoms with Crippen molar-refractivity contribution in [1.82, 2.24) is 9.80 Å². The second-order valence-corrected chi connectivity index (χ2v) is 9.88. The third-order valence-electron chi connectivity index (χ3n) is 6.02. The highest BCUT2D eigenvalue weighted by molar-refractivity contribution is 6.02. The molecule has 1 amide bonds. The molecule has 0 unspecified atom stereocenters. The molecule has 0 aromatic heterocycles. The van der Waals surface area contributed by atoms with Crippen molar-refractivity contribution >= 4 is 18.0 Å². The Labute approximate surface area is 199 Å². The van der Waals surface area contributed by atoms with Crippen LogP contribution in [0.15, 0.2) is 18.2 Å². The monoisotopic (exact) mass is 478 g/mol. The maximum atomic E-state index is 12.2. The zero-order valence-corrected chi connectivity index (χ0v) is 20.2. The Morgan fingerprint density at radius 1 is 1.03 bits per heavy atom. The quantitative estimate of drug-likeness (QED) is 0.608. The highest BCUT2D eigenvalue weighted by Gasteiger charge is 2.34. The van der Waals surface area contributed by atoms with Crippen LogP contribution in [0.4, 0.5) is 4.79 Å². The summed E-state index contributed by atoms with van der Waals surface area (Å²) in [5.41, 5.74) is -1.09. The number of hydrogen-bond donors (Lipinski definition) is 2. The normalized spacial score (nSPS) is 21.9. The Morgan fingerprint density at radius 2 is 1.68 bits per heavy atom. The minimum atomic E-state index is -1.31. The van der Waals surface area contributed by atoms with Crippen molar-refractivity contribution in [3.63, 3.8) is 0 Å². The number of carboxylic acids is 2. The molecule has 2 aliphatic rings. The summed E-state index contributed by atoms with van der Waals surface area (Å²) in [4.78, 5) is 38.7. The Balaban J connectivity index is 1.47. The van der Waals surface area contributed by atoms with Gasteiger partial charge in [-0.05, 0) is 65.3 Å². The van der Waals surface area contributed by atoms with Crippen LogP contribution in [0, 0.1) is 0 Å². The fourth-order valence-corrected chi connectivity index (χ4v) is 4.26. The second kappa shape index (κ2) is 10.6. The number of ether oxygens (including phenoxy) is 3. The van der Waals surface area contributed by atoms with Gasteiger partial charge in [-0.1, -0.05) is 0 Å². The number of likely N-dealkylation sites (N-methyl/N-ethyl adjacent to an activating group) is 1. The van der Waals surface area contributed by atoms with Gasteiger partial charge in [-0.25, -0.2) is 14.4 Å². The summed E-state index contributed by atoms with van der Waals surface area (Å²) in [7, 11) is 1.98. The van der Waals surface area contributed by atoms with Crippen LogP contribution >= 0.6 is 0 Å². The van der Waals surface area contributed by atoms with Gasteiger partial charge in [-0.3, -0.25) is 4.90 Å². The lowest BCUT2D eigenvalue weighted by Gasteiger charge is -2.34. The van der Waals surface area contributed by atoms with Crippen LogP contribution in [0.5, 0.6) is 5.75 Å². The molecule has 2 heterocycles. The molecular weight excluding hydrogens is 444 g/mol. The molecule has 2 fully saturated rings. The lowest BCUT2D eigenvalue weighted by molar-refractivity contribution is -0.0417. The zero-order chi connectivity index (χ0) is 25.0. The van der Waals surface area contributed by atoms with Gasteiger partial charge in [0.2, 0.25) is 0 Å². The Morgan fingerprint density at radius 3 is 2.26 bits per heavy atom. The van der Waals surface area contributed by atoms with Gasteiger partial charge >= 0.3 is 18.0 Å². The van der Waals surface area contributed by atoms with Gasteiger partial charge in [0.25, 0.3) is 0 Å². The fraction of sp³-hybridized carbons (Fsp3) is 0.625. The van der Waals surface area contributed by atoms with Gasteiger partial charge in [0.05, 0.1) is 23.3 Å². The van der Waals surface area contributed by atoms with Crippen molar-refractivity contribution in [2.75, 3.05) is 33.3 Å². The molecule has 3 rings (SSSR count). The summed E-state index contributed by atoms with van der Waals surface area (Å²) >= 11 is 0. The summed E-state index contributed by atoms with van der Waals surface area (Å²) in [6, 6.07) is 4.04. The first kappa shape index (κ1) is 25.8. The number of benzene rings is 1. The third-order valence-corrected chi connectivity index (χ3v) is 6.02. The summed E-state index contributed by atoms with van der Waals surface area (Å²) < 4.78 is 17.5. The highest BCUT2D eigenvalue weighted by atomic mass is 16.6. The molecule has 2 aliphatic heterocycles. The number of carbonyl (C=O) groups excluding carboxylic acids is 1. The Kier molecular flexibility index (Phi) is 8.04. The topological polar surface area (TPSA) is 126 Å². The smallest absolute Gasteiger partial charge is 0.410 e. The van der Waals surface area contributed by atoms with Crippen LogP contribution in [-0.2, 0) is 9.47 Å². The Hall–Kier alpha value is -2.85. The molecule has 0 aliphatic carbocycles. The fourth-order valence-electron chi connectivity index (χ4n) is 4.26. The van der Waals surface area contributed by atoms with Crippen molar-refractivity contribution in [1.29, 1.82) is 0 Å². The number of piperidine rings is 1. The number of carboxylic acid groups (broad SMARTS) is 2. The predicted octanol–water partition coefficient (Wildman–Crippen LogP) is 2.95. The standard InChI is InChI=1S/C24H34N2O8/c1-24(2,3)34-23(31)26-9-7-16(8-10-26)33-18-11-15(25(4)13-18)14-32-17-5-6-19(21(27)28)20(12-17)22(29)30/h5-6,12,15-16,18H,7-11,13-14H2,1-4H3,(H,27,28)(H,29,30)/t15-,18+/m0/s1. The summed E-state index contributed by atoms with van der Waals surface area (Å²) in [6.45, 7) is 7.85. The largest absolute Gasteiger partial charge is 0.492 e. The highest BCUT2D eigenvalue weighted by Crippen LogP contribution is 2.26. The van der Waals surface area contributed by atoms with E-state index in [1.807, 2.05) is 27.8 Å². The van der Waals surface area contributed by atoms with Crippen molar-refractivity contribution in [2.45, 2.75) is 63.9 Å². The maximum absolute atomic E-state index is 12.2. The summed E-state index contributed by atoms with van der Waals surface area (Å²) in [5, 5.41) is 18.4. The average molecular weight is 479 g/mol. The molecule has 10 nitrogen and oxygen atoms in total. The van der Waals surface area contributed by atoms with E-state index in [9.17, 15) is 19.5 Å². The molecule has 2 N–H and O–H groups in total. The van der Waals surface area contributed by atoms with Gasteiger partial charge in [-0.15, -0.1) is 0 Å². The van der Waals surface area contributed by atoms with E-state index in [2.05, 4.69) is 4.90 Å². The minimum absolute atomic E-state index is 0.0423. The molecule has 34 heavy (non-hydrogen) atoms. The van der Waals surface area contributed by atoms with Crippen molar-refractivity contribution in [3.05, 3.63) is 29.3 Å². The van der Waals surface area contributed by atoms with E-state index >= 15 is 0 Å². The second-order valence-electron chi connectivity index (χ2n) is 9.88. The van der Waals surface area contributed by atoms with E-state index in [0.717, 1.165) is 25.8 Å². The molecule has 10 heteroatoms. The van der Waals surface area contributed by atoms with Crippen LogP contribution in [0.3, 0.4) is 0 Å². The molecule has 188 valence electrons. The number of likely N-dealkylation sites (tertiary alicyclic amines) is 2. The lowest BCUT2D eigenvalue weighted by Crippen LogP contribution is -2.44. The van der Waals surface area contributed by atoms with Crippen LogP contribution in [0.1, 0.15) is 60.7 Å². The molecule has 2 atom stereocenters. The molecule has 0 bridgehead atoms. The maximum Gasteiger partial charge on any atom is 0.410 e. The minimum Gasteiger partial charge on any atom is -0.492 e. The number of aromatic carboxylic acids is 2. The summed E-state index contributed by atoms with van der Waals surface area (Å²) in [6.07, 6.45) is 2.12. The number of nitrogens with zero attached hydrogens (tertiary/aromatic N) is 2. The first-order valence-electron chi connectivity index (χ1n) is 11.5. The number of amides is 1. The first-order valence-corrected chi connectivity index (χ1v) is 11.5. The lowest BCUT2D eigenvalue weighted by atomic mass is 10.1. The van der Waals surface area contributed by atoms with Crippen molar-refractivity contribution in [3.8, 4) is 5.75 Å². The molecule has 1 aromatic carbocycles. The van der Waals surface area contributed by atoms with E-state index in [1.54, 1.807) is 4.90 Å². The SMILES string of the molecule is CN1C[C@H](OC2CCN(C(=O)OC(C)(C)C)CC2)C[C@H]1COc1ccc(C(=O)O)c(C(=O)O)c1. The van der Waals surface area contributed by atoms with Crippen LogP contribution in [0.2, 0.25) is 0 Å². The molecule has 0 radical (unpaired) electrons. The van der Waals surface area contributed by atoms with Gasteiger partial charge in [0.1, 0.15) is 18.0 Å². The average Bonchev–Trinajstić information content (AvgIpc) is 3.10. The zero-order valence-electron chi connectivity index (χ0n) is 20.2. The van der Waals surface area contributed by atoms with E-state index in [4.69, 9.17) is 19.3 Å². The van der Waals surface area contributed by atoms with E-state index in [0.29, 0.717) is 25.4 Å². The molecular formula is C24H34N2O8. The summed E-state index contributed by atoms with van der Waals surface area (Å²) in [5.74, 6) is -2.29. The third kappa shape index (κ3) is 6.83. The number of hydrogen-bond acceptors (Lipinski definition) is 7. The van der Waals surface area contributed by atoms with Crippen LogP contribution in [0.25, 0.3) is 0 Å². The Bertz CT molecular complexity index is 905. The predicted molar refractivity (Wildman–Crippen MR) is 123 cm³/mol. The number of rotatable bonds is 7. The van der Waals surface area contributed by atoms with E-state index in [-0.39, 0.29) is 35.5 Å². The van der Waals surface area contributed by atoms with Crippen LogP contribution < -0.4 is 4.74 Å². The van der Waals surface area contributed by atoms with Crippen molar-refractivity contribution in [2.24, 2.45) is 0 Å². The van der Waals surface area contributed by atoms with Gasteiger partial charge in [0, 0.05) is 25.7 Å². The van der Waals surface area contributed by atoms with E-state index < -0.39 is 17.5 Å². The number of carbonyl (C=O) groups is 3. The molecule has 1 aromatic rings. The first-order chi connectivity index (χ1) is 15.9. The van der Waals surface area contributed by atoms with Crippen LogP contribution in [-0.4, -0.2) is 95.2 Å². The molecule has 0 spiro atoms. The molecule has 0 saturated carbocycles. The molecule has 2 saturated heterocycles. The van der Waals surface area contributed by atoms with Gasteiger partial charge in [-0.2, -0.15) is 0 Å². The van der Waals surface area contributed by atoms with E-state index in [1.165, 1.54) is 18.2 Å². The van der Waals surface area contributed by atoms with Gasteiger partial charge < -0.3 is 29.3 Å².